The van der Waals surface area contributed by atoms with E-state index in [1.54, 1.807) is 0 Å². The smallest absolute Gasteiger partial charge is 0.308 e. The maximum atomic E-state index is 11.9. The first-order chi connectivity index (χ1) is 10.4. The van der Waals surface area contributed by atoms with Crippen LogP contribution in [0.15, 0.2) is 24.3 Å². The van der Waals surface area contributed by atoms with Gasteiger partial charge in [0.05, 0.1) is 18.6 Å². The lowest BCUT2D eigenvalue weighted by molar-refractivity contribution is -0.149. The van der Waals surface area contributed by atoms with Crippen LogP contribution in [0.2, 0.25) is 0 Å². The first kappa shape index (κ1) is 18.5. The molecule has 0 spiro atoms. The van der Waals surface area contributed by atoms with E-state index in [2.05, 4.69) is 39.8 Å². The Labute approximate surface area is 135 Å². The average Bonchev–Trinajstić information content (AvgIpc) is 2.53. The zero-order valence-corrected chi connectivity index (χ0v) is 14.8. The van der Waals surface area contributed by atoms with Crippen molar-refractivity contribution in [2.24, 2.45) is 11.8 Å². The number of carbonyl (C=O) groups is 1. The SMILES string of the molecule is CCOC(=O)C(C)[C@H](C)C(C)c1ccc(OC(C)CC)cc1. The molecule has 3 unspecified atom stereocenters. The molecule has 1 aromatic carbocycles. The molecular weight excluding hydrogens is 276 g/mol. The Bertz CT molecular complexity index is 452. The van der Waals surface area contributed by atoms with Crippen LogP contribution < -0.4 is 4.74 Å². The Kier molecular flexibility index (Phi) is 7.43. The van der Waals surface area contributed by atoms with E-state index >= 15 is 0 Å². The van der Waals surface area contributed by atoms with Crippen molar-refractivity contribution in [3.05, 3.63) is 29.8 Å². The second kappa shape index (κ2) is 8.82. The molecule has 0 bridgehead atoms. The van der Waals surface area contributed by atoms with Crippen LogP contribution >= 0.6 is 0 Å². The number of carbonyl (C=O) groups excluding carboxylic acids is 1. The Hall–Kier alpha value is -1.51. The average molecular weight is 306 g/mol. The number of benzene rings is 1. The molecule has 3 nitrogen and oxygen atoms in total. The van der Waals surface area contributed by atoms with Crippen LogP contribution in [0.5, 0.6) is 5.75 Å². The van der Waals surface area contributed by atoms with E-state index in [9.17, 15) is 4.79 Å². The fourth-order valence-electron chi connectivity index (χ4n) is 2.39. The van der Waals surface area contributed by atoms with E-state index in [0.29, 0.717) is 6.61 Å². The third kappa shape index (κ3) is 5.04. The zero-order chi connectivity index (χ0) is 16.7. The highest BCUT2D eigenvalue weighted by molar-refractivity contribution is 5.72. The molecule has 0 aliphatic carbocycles. The molecular formula is C19H30O3. The molecule has 0 saturated carbocycles. The van der Waals surface area contributed by atoms with Gasteiger partial charge in [-0.1, -0.05) is 39.8 Å². The third-order valence-corrected chi connectivity index (χ3v) is 4.55. The number of hydrogen-bond acceptors (Lipinski definition) is 3. The minimum atomic E-state index is -0.112. The largest absolute Gasteiger partial charge is 0.491 e. The minimum Gasteiger partial charge on any atom is -0.491 e. The molecule has 1 aromatic rings. The molecule has 3 heteroatoms. The molecule has 0 N–H and O–H groups in total. The Balaban J connectivity index is 2.72. The van der Waals surface area contributed by atoms with Gasteiger partial charge in [0.25, 0.3) is 0 Å². The molecule has 1 rings (SSSR count). The highest BCUT2D eigenvalue weighted by Crippen LogP contribution is 2.31. The van der Waals surface area contributed by atoms with Crippen molar-refractivity contribution in [3.63, 3.8) is 0 Å². The number of ether oxygens (including phenoxy) is 2. The van der Waals surface area contributed by atoms with Gasteiger partial charge in [-0.25, -0.2) is 0 Å². The molecule has 124 valence electrons. The predicted molar refractivity (Wildman–Crippen MR) is 90.2 cm³/mol. The minimum absolute atomic E-state index is 0.106. The van der Waals surface area contributed by atoms with Gasteiger partial charge in [-0.2, -0.15) is 0 Å². The third-order valence-electron chi connectivity index (χ3n) is 4.55. The highest BCUT2D eigenvalue weighted by atomic mass is 16.5. The van der Waals surface area contributed by atoms with E-state index in [1.807, 2.05) is 26.0 Å². The highest BCUT2D eigenvalue weighted by Gasteiger charge is 2.26. The summed E-state index contributed by atoms with van der Waals surface area (Å²) in [6.45, 7) is 12.7. The summed E-state index contributed by atoms with van der Waals surface area (Å²) in [6.07, 6.45) is 1.22. The van der Waals surface area contributed by atoms with Crippen molar-refractivity contribution >= 4 is 5.97 Å². The van der Waals surface area contributed by atoms with Gasteiger partial charge in [0, 0.05) is 0 Å². The van der Waals surface area contributed by atoms with E-state index in [-0.39, 0.29) is 29.8 Å². The molecule has 0 heterocycles. The quantitative estimate of drug-likeness (QED) is 0.647. The summed E-state index contributed by atoms with van der Waals surface area (Å²) < 4.78 is 10.9. The van der Waals surface area contributed by atoms with Gasteiger partial charge >= 0.3 is 5.97 Å². The van der Waals surface area contributed by atoms with Gasteiger partial charge < -0.3 is 9.47 Å². The summed E-state index contributed by atoms with van der Waals surface area (Å²) in [6, 6.07) is 8.22. The maximum Gasteiger partial charge on any atom is 0.308 e. The monoisotopic (exact) mass is 306 g/mol. The lowest BCUT2D eigenvalue weighted by Gasteiger charge is -2.25. The van der Waals surface area contributed by atoms with Gasteiger partial charge in [-0.15, -0.1) is 0 Å². The van der Waals surface area contributed by atoms with E-state index in [0.717, 1.165) is 12.2 Å². The maximum absolute atomic E-state index is 11.9. The first-order valence-corrected chi connectivity index (χ1v) is 8.33. The van der Waals surface area contributed by atoms with Gasteiger partial charge in [0.1, 0.15) is 5.75 Å². The lowest BCUT2D eigenvalue weighted by atomic mass is 9.81. The Morgan fingerprint density at radius 1 is 1.05 bits per heavy atom. The van der Waals surface area contributed by atoms with Gasteiger partial charge in [-0.3, -0.25) is 4.79 Å². The van der Waals surface area contributed by atoms with Gasteiger partial charge in [-0.05, 0) is 49.8 Å². The topological polar surface area (TPSA) is 35.5 Å². The summed E-state index contributed by atoms with van der Waals surface area (Å²) in [5.74, 6) is 1.19. The predicted octanol–water partition coefficient (Wildman–Crippen LogP) is 4.80. The van der Waals surface area contributed by atoms with Gasteiger partial charge in [0.15, 0.2) is 0 Å². The number of hydrogen-bond donors (Lipinski definition) is 0. The van der Waals surface area contributed by atoms with Crippen molar-refractivity contribution in [1.82, 2.24) is 0 Å². The second-order valence-corrected chi connectivity index (χ2v) is 6.09. The van der Waals surface area contributed by atoms with E-state index < -0.39 is 0 Å². The standard InChI is InChI=1S/C19H30O3/c1-7-13(3)22-18-11-9-17(10-12-18)15(5)14(4)16(6)19(20)21-8-2/h9-16H,7-8H2,1-6H3/t13?,14-,15?,16?/m1/s1. The van der Waals surface area contributed by atoms with Gasteiger partial charge in [0.2, 0.25) is 0 Å². The first-order valence-electron chi connectivity index (χ1n) is 8.33. The zero-order valence-electron chi connectivity index (χ0n) is 14.8. The molecule has 0 saturated heterocycles. The van der Waals surface area contributed by atoms with Crippen LogP contribution in [0.25, 0.3) is 0 Å². The molecule has 0 aliphatic rings. The van der Waals surface area contributed by atoms with Crippen molar-refractivity contribution in [2.45, 2.75) is 60.0 Å². The fourth-order valence-corrected chi connectivity index (χ4v) is 2.39. The summed E-state index contributed by atoms with van der Waals surface area (Å²) in [4.78, 5) is 11.9. The fraction of sp³-hybridized carbons (Fsp3) is 0.632. The number of rotatable bonds is 8. The van der Waals surface area contributed by atoms with Crippen molar-refractivity contribution < 1.29 is 14.3 Å². The molecule has 22 heavy (non-hydrogen) atoms. The molecule has 0 fully saturated rings. The summed E-state index contributed by atoms with van der Waals surface area (Å²) in [7, 11) is 0. The lowest BCUT2D eigenvalue weighted by Crippen LogP contribution is -2.25. The molecule has 4 atom stereocenters. The number of esters is 1. The summed E-state index contributed by atoms with van der Waals surface area (Å²) >= 11 is 0. The molecule has 0 radical (unpaired) electrons. The van der Waals surface area contributed by atoms with Crippen LogP contribution in [0.1, 0.15) is 59.4 Å². The normalized spacial score (nSPS) is 16.5. The molecule has 0 aromatic heterocycles. The van der Waals surface area contributed by atoms with E-state index in [4.69, 9.17) is 9.47 Å². The van der Waals surface area contributed by atoms with Crippen LogP contribution in [-0.4, -0.2) is 18.7 Å². The van der Waals surface area contributed by atoms with Crippen LogP contribution in [0, 0.1) is 11.8 Å². The summed E-state index contributed by atoms with van der Waals surface area (Å²) in [5.41, 5.74) is 1.22. The van der Waals surface area contributed by atoms with Crippen LogP contribution in [-0.2, 0) is 9.53 Å². The van der Waals surface area contributed by atoms with E-state index in [1.165, 1.54) is 5.56 Å². The Morgan fingerprint density at radius 3 is 2.14 bits per heavy atom. The van der Waals surface area contributed by atoms with Crippen LogP contribution in [0.3, 0.4) is 0 Å². The van der Waals surface area contributed by atoms with Crippen LogP contribution in [0.4, 0.5) is 0 Å². The molecule has 0 aliphatic heterocycles. The summed E-state index contributed by atoms with van der Waals surface area (Å²) in [5, 5.41) is 0. The second-order valence-electron chi connectivity index (χ2n) is 6.09. The van der Waals surface area contributed by atoms with Crippen molar-refractivity contribution in [2.75, 3.05) is 6.61 Å². The Morgan fingerprint density at radius 2 is 1.64 bits per heavy atom. The van der Waals surface area contributed by atoms with Crippen molar-refractivity contribution in [1.29, 1.82) is 0 Å². The molecule has 0 amide bonds. The van der Waals surface area contributed by atoms with Crippen molar-refractivity contribution in [3.8, 4) is 5.75 Å².